The molecule has 19 heavy (non-hydrogen) atoms. The van der Waals surface area contributed by atoms with Gasteiger partial charge in [-0.3, -0.25) is 0 Å². The van der Waals surface area contributed by atoms with E-state index in [9.17, 15) is 0 Å². The van der Waals surface area contributed by atoms with Crippen molar-refractivity contribution in [1.82, 2.24) is 4.98 Å². The molecule has 0 radical (unpaired) electrons. The molecule has 0 bridgehead atoms. The molecule has 0 unspecified atom stereocenters. The molecule has 2 aromatic rings. The highest BCUT2D eigenvalue weighted by Gasteiger charge is 2.10. The molecule has 102 valence electrons. The van der Waals surface area contributed by atoms with Gasteiger partial charge in [0.1, 0.15) is 5.82 Å². The molecule has 2 rings (SSSR count). The van der Waals surface area contributed by atoms with Crippen LogP contribution in [0.4, 0.5) is 5.82 Å². The van der Waals surface area contributed by atoms with Gasteiger partial charge in [-0.25, -0.2) is 4.98 Å². The van der Waals surface area contributed by atoms with Gasteiger partial charge in [0.2, 0.25) is 0 Å². The molecule has 0 saturated heterocycles. The predicted molar refractivity (Wildman–Crippen MR) is 78.4 cm³/mol. The van der Waals surface area contributed by atoms with Crippen LogP contribution in [0.5, 0.6) is 11.5 Å². The van der Waals surface area contributed by atoms with Crippen LogP contribution in [0.25, 0.3) is 10.9 Å². The van der Waals surface area contributed by atoms with Crippen molar-refractivity contribution >= 4 is 16.7 Å². The van der Waals surface area contributed by atoms with Crippen LogP contribution in [0, 0.1) is 0 Å². The summed E-state index contributed by atoms with van der Waals surface area (Å²) in [5.41, 5.74) is 2.13. The number of pyridine rings is 1. The molecule has 1 aromatic carbocycles. The molecule has 0 fully saturated rings. The normalized spacial score (nSPS) is 10.5. The zero-order chi connectivity index (χ0) is 13.8. The fraction of sp³-hybridized carbons (Fsp3) is 0.400. The van der Waals surface area contributed by atoms with Crippen molar-refractivity contribution in [2.45, 2.75) is 19.8 Å². The number of rotatable bonds is 5. The van der Waals surface area contributed by atoms with Crippen LogP contribution in [0.15, 0.2) is 18.2 Å². The summed E-state index contributed by atoms with van der Waals surface area (Å²) in [6.45, 7) is 2.16. The van der Waals surface area contributed by atoms with Gasteiger partial charge in [-0.2, -0.15) is 0 Å². The summed E-state index contributed by atoms with van der Waals surface area (Å²) in [4.78, 5) is 4.65. The highest BCUT2D eigenvalue weighted by molar-refractivity contribution is 5.85. The fourth-order valence-corrected chi connectivity index (χ4v) is 2.22. The summed E-state index contributed by atoms with van der Waals surface area (Å²) in [5, 5.41) is 4.22. The number of nitrogens with one attached hydrogen (secondary N) is 1. The molecular weight excluding hydrogens is 240 g/mol. The Hall–Kier alpha value is -1.97. The van der Waals surface area contributed by atoms with Gasteiger partial charge in [-0.15, -0.1) is 0 Å². The monoisotopic (exact) mass is 260 g/mol. The van der Waals surface area contributed by atoms with E-state index in [0.717, 1.165) is 35.3 Å². The van der Waals surface area contributed by atoms with Crippen molar-refractivity contribution in [2.75, 3.05) is 26.6 Å². The molecule has 0 aliphatic carbocycles. The van der Waals surface area contributed by atoms with Crippen LogP contribution >= 0.6 is 0 Å². The summed E-state index contributed by atoms with van der Waals surface area (Å²) in [7, 11) is 5.17. The number of hydrogen-bond donors (Lipinski definition) is 1. The van der Waals surface area contributed by atoms with Crippen LogP contribution in [0.3, 0.4) is 0 Å². The second kappa shape index (κ2) is 5.78. The van der Waals surface area contributed by atoms with Gasteiger partial charge in [0.15, 0.2) is 11.5 Å². The van der Waals surface area contributed by atoms with Gasteiger partial charge in [-0.1, -0.05) is 13.3 Å². The highest BCUT2D eigenvalue weighted by atomic mass is 16.5. The number of nitrogens with zero attached hydrogens (tertiary/aromatic N) is 1. The Morgan fingerprint density at radius 2 is 1.79 bits per heavy atom. The van der Waals surface area contributed by atoms with E-state index in [-0.39, 0.29) is 0 Å². The average molecular weight is 260 g/mol. The number of benzene rings is 1. The first-order valence-electron chi connectivity index (χ1n) is 6.46. The van der Waals surface area contributed by atoms with E-state index >= 15 is 0 Å². The second-order valence-electron chi connectivity index (χ2n) is 4.40. The third kappa shape index (κ3) is 2.57. The number of fused-ring (bicyclic) bond motifs is 1. The zero-order valence-corrected chi connectivity index (χ0v) is 11.9. The number of aromatic nitrogens is 1. The SMILES string of the molecule is CCCc1cc2cc(OC)c(OC)cc2nc1NC. The van der Waals surface area contributed by atoms with E-state index < -0.39 is 0 Å². The summed E-state index contributed by atoms with van der Waals surface area (Å²) >= 11 is 0. The molecule has 0 aliphatic rings. The van der Waals surface area contributed by atoms with E-state index in [1.165, 1.54) is 5.56 Å². The summed E-state index contributed by atoms with van der Waals surface area (Å²) in [5.74, 6) is 2.37. The molecular formula is C15H20N2O2. The summed E-state index contributed by atoms with van der Waals surface area (Å²) in [6.07, 6.45) is 2.10. The van der Waals surface area contributed by atoms with Crippen molar-refractivity contribution in [3.8, 4) is 11.5 Å². The number of anilines is 1. The Kier molecular flexibility index (Phi) is 4.10. The Bertz CT molecular complexity index is 582. The smallest absolute Gasteiger partial charge is 0.162 e. The van der Waals surface area contributed by atoms with Crippen LogP contribution in [0.1, 0.15) is 18.9 Å². The van der Waals surface area contributed by atoms with Gasteiger partial charge in [0.05, 0.1) is 19.7 Å². The Labute approximate surface area is 113 Å². The number of ether oxygens (including phenoxy) is 2. The first-order valence-corrected chi connectivity index (χ1v) is 6.46. The molecule has 1 heterocycles. The van der Waals surface area contributed by atoms with Crippen molar-refractivity contribution in [3.05, 3.63) is 23.8 Å². The first kappa shape index (κ1) is 13.5. The number of aryl methyl sites for hydroxylation is 1. The standard InChI is InChI=1S/C15H20N2O2/c1-5-6-10-7-11-8-13(18-3)14(19-4)9-12(11)17-15(10)16-2/h7-9H,5-6H2,1-4H3,(H,16,17). The third-order valence-electron chi connectivity index (χ3n) is 3.16. The van der Waals surface area contributed by atoms with E-state index in [4.69, 9.17) is 9.47 Å². The van der Waals surface area contributed by atoms with Crippen molar-refractivity contribution in [1.29, 1.82) is 0 Å². The first-order chi connectivity index (χ1) is 9.23. The van der Waals surface area contributed by atoms with Crippen LogP contribution in [-0.4, -0.2) is 26.3 Å². The minimum absolute atomic E-state index is 0.702. The summed E-state index contributed by atoms with van der Waals surface area (Å²) < 4.78 is 10.6. The Morgan fingerprint density at radius 1 is 1.11 bits per heavy atom. The average Bonchev–Trinajstić information content (AvgIpc) is 2.45. The molecule has 1 N–H and O–H groups in total. The second-order valence-corrected chi connectivity index (χ2v) is 4.40. The third-order valence-corrected chi connectivity index (χ3v) is 3.16. The molecule has 0 spiro atoms. The molecule has 4 heteroatoms. The Morgan fingerprint density at radius 3 is 2.37 bits per heavy atom. The molecule has 4 nitrogen and oxygen atoms in total. The lowest BCUT2D eigenvalue weighted by Crippen LogP contribution is -2.00. The zero-order valence-electron chi connectivity index (χ0n) is 11.9. The van der Waals surface area contributed by atoms with Crippen LogP contribution < -0.4 is 14.8 Å². The van der Waals surface area contributed by atoms with Crippen molar-refractivity contribution < 1.29 is 9.47 Å². The lowest BCUT2D eigenvalue weighted by molar-refractivity contribution is 0.356. The van der Waals surface area contributed by atoms with Gasteiger partial charge in [0, 0.05) is 18.5 Å². The van der Waals surface area contributed by atoms with Crippen molar-refractivity contribution in [2.24, 2.45) is 0 Å². The molecule has 0 atom stereocenters. The molecule has 0 aliphatic heterocycles. The maximum atomic E-state index is 5.33. The Balaban J connectivity index is 2.63. The van der Waals surface area contributed by atoms with Crippen molar-refractivity contribution in [3.63, 3.8) is 0 Å². The maximum absolute atomic E-state index is 5.33. The fourth-order valence-electron chi connectivity index (χ4n) is 2.22. The maximum Gasteiger partial charge on any atom is 0.162 e. The topological polar surface area (TPSA) is 43.4 Å². The minimum atomic E-state index is 0.702. The highest BCUT2D eigenvalue weighted by Crippen LogP contribution is 2.33. The van der Waals surface area contributed by atoms with E-state index in [2.05, 4.69) is 23.3 Å². The van der Waals surface area contributed by atoms with E-state index in [0.29, 0.717) is 5.75 Å². The number of hydrogen-bond acceptors (Lipinski definition) is 4. The van der Waals surface area contributed by atoms with E-state index in [1.807, 2.05) is 19.2 Å². The predicted octanol–water partition coefficient (Wildman–Crippen LogP) is 3.25. The van der Waals surface area contributed by atoms with Gasteiger partial charge in [0.25, 0.3) is 0 Å². The van der Waals surface area contributed by atoms with Crippen LogP contribution in [-0.2, 0) is 6.42 Å². The molecule has 0 amide bonds. The van der Waals surface area contributed by atoms with Gasteiger partial charge in [-0.05, 0) is 24.1 Å². The lowest BCUT2D eigenvalue weighted by Gasteiger charge is -2.12. The van der Waals surface area contributed by atoms with Gasteiger partial charge >= 0.3 is 0 Å². The quantitative estimate of drug-likeness (QED) is 0.896. The lowest BCUT2D eigenvalue weighted by atomic mass is 10.1. The van der Waals surface area contributed by atoms with Crippen LogP contribution in [0.2, 0.25) is 0 Å². The summed E-state index contributed by atoms with van der Waals surface area (Å²) in [6, 6.07) is 6.05. The van der Waals surface area contributed by atoms with Gasteiger partial charge < -0.3 is 14.8 Å². The van der Waals surface area contributed by atoms with E-state index in [1.54, 1.807) is 14.2 Å². The minimum Gasteiger partial charge on any atom is -0.493 e. The molecule has 1 aromatic heterocycles. The number of methoxy groups -OCH3 is 2. The largest absolute Gasteiger partial charge is 0.493 e. The molecule has 0 saturated carbocycles.